The van der Waals surface area contributed by atoms with Crippen LogP contribution in [0.1, 0.15) is 51.3 Å². The Hall–Kier alpha value is -1.51. The molecule has 0 spiro atoms. The number of carbonyl (C=O) groups excluding carboxylic acids is 1. The maximum atomic E-state index is 10.6. The summed E-state index contributed by atoms with van der Waals surface area (Å²) >= 11 is 8.46. The first-order chi connectivity index (χ1) is 12.8. The second-order valence-corrected chi connectivity index (χ2v) is 8.49. The van der Waals surface area contributed by atoms with E-state index in [4.69, 9.17) is 21.7 Å². The zero-order valence-electron chi connectivity index (χ0n) is 18.1. The number of rotatable bonds is 6. The smallest absolute Gasteiger partial charge is 0.273 e. The van der Waals surface area contributed by atoms with Crippen LogP contribution in [-0.2, 0) is 23.3 Å². The van der Waals surface area contributed by atoms with Crippen LogP contribution in [0.5, 0.6) is 5.75 Å². The highest BCUT2D eigenvalue weighted by molar-refractivity contribution is 7.96. The number of nitrogens with two attached hydrogens (primary N) is 1. The van der Waals surface area contributed by atoms with E-state index in [2.05, 4.69) is 53.0 Å². The van der Waals surface area contributed by atoms with Gasteiger partial charge in [-0.1, -0.05) is 33.4 Å². The molecule has 1 rings (SSSR count). The first-order valence-electron chi connectivity index (χ1n) is 9.23. The minimum absolute atomic E-state index is 0.138. The molecule has 0 fully saturated rings. The number of carbonyl (C=O) groups is 1. The van der Waals surface area contributed by atoms with E-state index >= 15 is 0 Å². The maximum absolute atomic E-state index is 10.6. The summed E-state index contributed by atoms with van der Waals surface area (Å²) in [4.78, 5) is 13.1. The second-order valence-electron chi connectivity index (χ2n) is 7.70. The predicted molar refractivity (Wildman–Crippen MR) is 123 cm³/mol. The minimum atomic E-state index is -0.639. The number of phenols is 1. The summed E-state index contributed by atoms with van der Waals surface area (Å²) in [6.07, 6.45) is 0. The molecule has 0 aromatic heterocycles. The number of phenolic OH excluding ortho intramolecular Hbond substituents is 1. The quantitative estimate of drug-likeness (QED) is 0.470. The number of amides is 1. The number of nitrogens with zero attached hydrogens (tertiary/aromatic N) is 2. The van der Waals surface area contributed by atoms with Crippen molar-refractivity contribution < 1.29 is 14.6 Å². The number of primary amides is 1. The van der Waals surface area contributed by atoms with E-state index in [1.807, 2.05) is 36.0 Å². The average molecular weight is 430 g/mol. The molecular weight excluding hydrogens is 394 g/mol. The summed E-state index contributed by atoms with van der Waals surface area (Å²) in [5.41, 5.74) is 7.09. The van der Waals surface area contributed by atoms with Crippen molar-refractivity contribution in [1.82, 2.24) is 9.80 Å². The van der Waals surface area contributed by atoms with Gasteiger partial charge >= 0.3 is 0 Å². The van der Waals surface area contributed by atoms with Crippen LogP contribution >= 0.6 is 24.8 Å². The maximum Gasteiger partial charge on any atom is 0.273 e. The molecule has 0 aliphatic rings. The third-order valence-corrected chi connectivity index (χ3v) is 4.30. The lowest BCUT2D eigenvalue weighted by atomic mass is 9.84. The van der Waals surface area contributed by atoms with Crippen LogP contribution in [0.15, 0.2) is 12.1 Å². The van der Waals surface area contributed by atoms with Crippen LogP contribution in [0, 0.1) is 0 Å². The number of aromatic hydroxyl groups is 1. The van der Waals surface area contributed by atoms with Gasteiger partial charge in [0.25, 0.3) is 10.4 Å². The van der Waals surface area contributed by atoms with Gasteiger partial charge < -0.3 is 25.4 Å². The Bertz CT molecular complexity index is 651. The Kier molecular flexibility index (Phi) is 11.5. The highest BCUT2D eigenvalue weighted by Crippen LogP contribution is 2.35. The van der Waals surface area contributed by atoms with E-state index in [9.17, 15) is 5.11 Å². The third-order valence-electron chi connectivity index (χ3n) is 3.93. The molecular formula is C20H35N3O3S2. The molecule has 6 nitrogen and oxygen atoms in total. The molecule has 0 unspecified atom stereocenters. The second kappa shape index (κ2) is 12.1. The van der Waals surface area contributed by atoms with Crippen LogP contribution in [-0.4, -0.2) is 52.5 Å². The fourth-order valence-electron chi connectivity index (χ4n) is 2.59. The lowest BCUT2D eigenvalue weighted by Crippen LogP contribution is -2.30. The third kappa shape index (κ3) is 9.61. The summed E-state index contributed by atoms with van der Waals surface area (Å²) in [6, 6.07) is 4.04. The van der Waals surface area contributed by atoms with Crippen LogP contribution < -0.4 is 5.73 Å². The summed E-state index contributed by atoms with van der Waals surface area (Å²) in [6.45, 7) is 13.2. The van der Waals surface area contributed by atoms with Gasteiger partial charge in [-0.15, -0.1) is 0 Å². The molecule has 0 saturated carbocycles. The Labute approximate surface area is 180 Å². The van der Waals surface area contributed by atoms with Crippen LogP contribution in [0.4, 0.5) is 4.79 Å². The molecule has 160 valence electrons. The number of hydrogen-bond donors (Lipinski definition) is 3. The molecule has 0 aliphatic carbocycles. The standard InChI is InChI=1S/C19H32N2O2S.CH3NOS/c1-8-21(9-2)18(24)23-13-14-10-15(12-20(6)7)17(22)16(11-14)19(3,4)5;2-1(3)4/h10-11,22H,8-9,12-13H2,1-7H3;(H3,2,3,4). The number of ether oxygens (including phenoxy) is 1. The van der Waals surface area contributed by atoms with E-state index in [1.165, 1.54) is 0 Å². The number of thiol groups is 1. The molecule has 1 aromatic rings. The van der Waals surface area contributed by atoms with Crippen molar-refractivity contribution in [3.63, 3.8) is 0 Å². The first-order valence-corrected chi connectivity index (χ1v) is 10.1. The monoisotopic (exact) mass is 429 g/mol. The highest BCUT2D eigenvalue weighted by atomic mass is 32.1. The van der Waals surface area contributed by atoms with E-state index in [0.29, 0.717) is 24.1 Å². The van der Waals surface area contributed by atoms with Crippen LogP contribution in [0.2, 0.25) is 0 Å². The fraction of sp³-hybridized carbons (Fsp3) is 0.600. The summed E-state index contributed by atoms with van der Waals surface area (Å²) in [5.74, 6) is 0.381. The van der Waals surface area contributed by atoms with Crippen molar-refractivity contribution in [3.05, 3.63) is 28.8 Å². The van der Waals surface area contributed by atoms with Crippen molar-refractivity contribution in [3.8, 4) is 5.75 Å². The molecule has 1 aromatic carbocycles. The Morgan fingerprint density at radius 1 is 1.25 bits per heavy atom. The normalized spacial score (nSPS) is 10.9. The van der Waals surface area contributed by atoms with Gasteiger partial charge in [-0.2, -0.15) is 0 Å². The first kappa shape index (κ1) is 26.5. The van der Waals surface area contributed by atoms with Gasteiger partial charge in [0.2, 0.25) is 0 Å². The van der Waals surface area contributed by atoms with Crippen LogP contribution in [0.25, 0.3) is 0 Å². The molecule has 1 amide bonds. The van der Waals surface area contributed by atoms with Crippen molar-refractivity contribution in [2.45, 2.75) is 53.2 Å². The molecule has 0 heterocycles. The molecule has 0 atom stereocenters. The highest BCUT2D eigenvalue weighted by Gasteiger charge is 2.22. The lowest BCUT2D eigenvalue weighted by Gasteiger charge is -2.25. The number of hydrogen-bond acceptors (Lipinski definition) is 5. The summed E-state index contributed by atoms with van der Waals surface area (Å²) in [7, 11) is 3.99. The molecule has 0 aliphatic heterocycles. The van der Waals surface area contributed by atoms with E-state index < -0.39 is 5.24 Å². The topological polar surface area (TPSA) is 79.0 Å². The fourth-order valence-corrected chi connectivity index (χ4v) is 2.91. The van der Waals surface area contributed by atoms with Crippen molar-refractivity contribution in [2.24, 2.45) is 5.73 Å². The van der Waals surface area contributed by atoms with Gasteiger partial charge in [-0.05, 0) is 68.8 Å². The Morgan fingerprint density at radius 3 is 2.14 bits per heavy atom. The van der Waals surface area contributed by atoms with Gasteiger partial charge in [-0.25, -0.2) is 0 Å². The molecule has 0 saturated heterocycles. The van der Waals surface area contributed by atoms with E-state index in [-0.39, 0.29) is 5.41 Å². The van der Waals surface area contributed by atoms with Crippen molar-refractivity contribution >= 4 is 35.3 Å². The molecule has 28 heavy (non-hydrogen) atoms. The zero-order valence-corrected chi connectivity index (χ0v) is 19.8. The predicted octanol–water partition coefficient (Wildman–Crippen LogP) is 3.89. The Balaban J connectivity index is 0.00000165. The SMILES string of the molecule is CCN(CC)C(=S)OCc1cc(CN(C)C)c(O)c(C(C)(C)C)c1.NC(=O)S. The van der Waals surface area contributed by atoms with E-state index in [1.54, 1.807) is 0 Å². The number of benzene rings is 1. The molecule has 0 radical (unpaired) electrons. The Morgan fingerprint density at radius 2 is 1.75 bits per heavy atom. The summed E-state index contributed by atoms with van der Waals surface area (Å²) < 4.78 is 5.80. The van der Waals surface area contributed by atoms with Gasteiger partial charge in [0.1, 0.15) is 12.4 Å². The zero-order chi connectivity index (χ0) is 22.1. The molecule has 8 heteroatoms. The van der Waals surface area contributed by atoms with Crippen LogP contribution in [0.3, 0.4) is 0 Å². The molecule has 0 bridgehead atoms. The van der Waals surface area contributed by atoms with Crippen molar-refractivity contribution in [2.75, 3.05) is 27.2 Å². The average Bonchev–Trinajstić information content (AvgIpc) is 2.54. The van der Waals surface area contributed by atoms with Gasteiger partial charge in [-0.3, -0.25) is 4.79 Å². The van der Waals surface area contributed by atoms with Gasteiger partial charge in [0.15, 0.2) is 0 Å². The summed E-state index contributed by atoms with van der Waals surface area (Å²) in [5, 5.41) is 10.5. The largest absolute Gasteiger partial charge is 0.507 e. The van der Waals surface area contributed by atoms with E-state index in [0.717, 1.165) is 29.8 Å². The van der Waals surface area contributed by atoms with Crippen molar-refractivity contribution in [1.29, 1.82) is 0 Å². The molecule has 3 N–H and O–H groups in total. The lowest BCUT2D eigenvalue weighted by molar-refractivity contribution is 0.238. The minimum Gasteiger partial charge on any atom is -0.507 e. The number of thiocarbonyl (C=S) groups is 1. The van der Waals surface area contributed by atoms with Gasteiger partial charge in [0, 0.05) is 25.2 Å². The van der Waals surface area contributed by atoms with Gasteiger partial charge in [0.05, 0.1) is 0 Å².